The minimum Gasteiger partial charge on any atom is -0.421 e. The van der Waals surface area contributed by atoms with Crippen molar-refractivity contribution in [3.05, 3.63) is 35.4 Å². The smallest absolute Gasteiger partial charge is 0.313 e. The molecule has 2 rings (SSSR count). The van der Waals surface area contributed by atoms with Crippen molar-refractivity contribution in [3.63, 3.8) is 0 Å². The van der Waals surface area contributed by atoms with Gasteiger partial charge in [-0.15, -0.1) is 0 Å². The normalized spacial score (nSPS) is 19.0. The van der Waals surface area contributed by atoms with Gasteiger partial charge in [0, 0.05) is 12.5 Å². The van der Waals surface area contributed by atoms with Gasteiger partial charge in [0.1, 0.15) is 0 Å². The molecular formula is C11H10O4. The predicted molar refractivity (Wildman–Crippen MR) is 50.7 cm³/mol. The highest BCUT2D eigenvalue weighted by Crippen LogP contribution is 2.28. The Kier molecular flexibility index (Phi) is 2.41. The molecule has 0 spiro atoms. The molecule has 0 N–H and O–H groups in total. The third-order valence-corrected chi connectivity index (χ3v) is 2.16. The Labute approximate surface area is 86.8 Å². The lowest BCUT2D eigenvalue weighted by molar-refractivity contribution is -0.190. The van der Waals surface area contributed by atoms with E-state index in [1.165, 1.54) is 6.92 Å². The number of carbonyl (C=O) groups excluding carboxylic acids is 2. The monoisotopic (exact) mass is 206 g/mol. The summed E-state index contributed by atoms with van der Waals surface area (Å²) >= 11 is 0. The van der Waals surface area contributed by atoms with Crippen molar-refractivity contribution in [1.82, 2.24) is 0 Å². The van der Waals surface area contributed by atoms with Crippen LogP contribution >= 0.6 is 0 Å². The van der Waals surface area contributed by atoms with E-state index in [-0.39, 0.29) is 12.4 Å². The summed E-state index contributed by atoms with van der Waals surface area (Å²) in [6.45, 7) is 1.28. The molecule has 1 heterocycles. The molecule has 78 valence electrons. The van der Waals surface area contributed by atoms with Crippen LogP contribution in [0.5, 0.6) is 0 Å². The molecule has 0 fully saturated rings. The fraction of sp³-hybridized carbons (Fsp3) is 0.273. The van der Waals surface area contributed by atoms with Crippen molar-refractivity contribution < 1.29 is 19.1 Å². The molecule has 0 amide bonds. The van der Waals surface area contributed by atoms with Crippen LogP contribution in [0.15, 0.2) is 24.3 Å². The Morgan fingerprint density at radius 2 is 2.20 bits per heavy atom. The number of hydrogen-bond acceptors (Lipinski definition) is 4. The van der Waals surface area contributed by atoms with Crippen LogP contribution in [0, 0.1) is 0 Å². The molecule has 1 atom stereocenters. The van der Waals surface area contributed by atoms with Crippen LogP contribution in [0.2, 0.25) is 0 Å². The van der Waals surface area contributed by atoms with E-state index in [1.807, 2.05) is 18.2 Å². The molecule has 0 aliphatic carbocycles. The van der Waals surface area contributed by atoms with Crippen molar-refractivity contribution in [1.29, 1.82) is 0 Å². The zero-order valence-corrected chi connectivity index (χ0v) is 8.23. The standard InChI is InChI=1S/C11H10O4/c1-7(12)14-11-9-5-3-2-4-8(9)6-10(13)15-11/h2-5,11H,6H2,1H3. The molecule has 1 unspecified atom stereocenters. The highest BCUT2D eigenvalue weighted by molar-refractivity contribution is 5.75. The van der Waals surface area contributed by atoms with Crippen LogP contribution in [0.3, 0.4) is 0 Å². The third kappa shape index (κ3) is 1.98. The quantitative estimate of drug-likeness (QED) is 0.651. The molecule has 0 aromatic heterocycles. The summed E-state index contributed by atoms with van der Waals surface area (Å²) in [6.07, 6.45) is -0.659. The molecule has 1 aromatic rings. The fourth-order valence-electron chi connectivity index (χ4n) is 1.54. The maximum Gasteiger partial charge on any atom is 0.313 e. The van der Waals surface area contributed by atoms with Crippen molar-refractivity contribution in [2.75, 3.05) is 0 Å². The summed E-state index contributed by atoms with van der Waals surface area (Å²) in [5, 5.41) is 0. The zero-order valence-electron chi connectivity index (χ0n) is 8.23. The first-order valence-corrected chi connectivity index (χ1v) is 4.61. The number of cyclic esters (lactones) is 1. The van der Waals surface area contributed by atoms with Gasteiger partial charge in [0.2, 0.25) is 0 Å². The van der Waals surface area contributed by atoms with Gasteiger partial charge < -0.3 is 9.47 Å². The number of hydrogen-bond donors (Lipinski definition) is 0. The lowest BCUT2D eigenvalue weighted by atomic mass is 10.0. The lowest BCUT2D eigenvalue weighted by Crippen LogP contribution is -2.24. The largest absolute Gasteiger partial charge is 0.421 e. The van der Waals surface area contributed by atoms with Crippen LogP contribution in [-0.4, -0.2) is 11.9 Å². The van der Waals surface area contributed by atoms with Gasteiger partial charge in [0.05, 0.1) is 6.42 Å². The van der Waals surface area contributed by atoms with Gasteiger partial charge in [0.15, 0.2) is 0 Å². The summed E-state index contributed by atoms with van der Waals surface area (Å²) in [7, 11) is 0. The summed E-state index contributed by atoms with van der Waals surface area (Å²) in [5.74, 6) is -0.843. The summed E-state index contributed by atoms with van der Waals surface area (Å²) in [6, 6.07) is 7.26. The number of fused-ring (bicyclic) bond motifs is 1. The Morgan fingerprint density at radius 3 is 2.93 bits per heavy atom. The molecule has 1 aromatic carbocycles. The number of esters is 2. The molecule has 4 heteroatoms. The fourth-order valence-corrected chi connectivity index (χ4v) is 1.54. The van der Waals surface area contributed by atoms with Crippen LogP contribution in [0.1, 0.15) is 24.3 Å². The molecule has 1 aliphatic heterocycles. The SMILES string of the molecule is CC(=O)OC1OC(=O)Cc2ccccc21. The Morgan fingerprint density at radius 1 is 1.47 bits per heavy atom. The van der Waals surface area contributed by atoms with E-state index in [9.17, 15) is 9.59 Å². The van der Waals surface area contributed by atoms with Crippen molar-refractivity contribution >= 4 is 11.9 Å². The second-order valence-corrected chi connectivity index (χ2v) is 3.31. The Balaban J connectivity index is 2.33. The number of carbonyl (C=O) groups is 2. The van der Waals surface area contributed by atoms with Crippen molar-refractivity contribution in [2.45, 2.75) is 19.6 Å². The molecule has 0 saturated heterocycles. The van der Waals surface area contributed by atoms with Crippen LogP contribution in [0.25, 0.3) is 0 Å². The predicted octanol–water partition coefficient (Wildman–Crippen LogP) is 1.35. The third-order valence-electron chi connectivity index (χ3n) is 2.16. The maximum atomic E-state index is 11.2. The van der Waals surface area contributed by atoms with Crippen LogP contribution in [-0.2, 0) is 25.5 Å². The average molecular weight is 206 g/mol. The van der Waals surface area contributed by atoms with E-state index < -0.39 is 12.3 Å². The summed E-state index contributed by atoms with van der Waals surface area (Å²) in [5.41, 5.74) is 1.59. The van der Waals surface area contributed by atoms with Gasteiger partial charge >= 0.3 is 11.9 Å². The number of rotatable bonds is 1. The topological polar surface area (TPSA) is 52.6 Å². The van der Waals surface area contributed by atoms with Crippen molar-refractivity contribution in [3.8, 4) is 0 Å². The molecule has 1 aliphatic rings. The summed E-state index contributed by atoms with van der Waals surface area (Å²) in [4.78, 5) is 22.0. The van der Waals surface area contributed by atoms with Gasteiger partial charge in [-0.1, -0.05) is 24.3 Å². The van der Waals surface area contributed by atoms with Gasteiger partial charge in [-0.05, 0) is 5.56 Å². The highest BCUT2D eigenvalue weighted by Gasteiger charge is 2.28. The maximum absolute atomic E-state index is 11.2. The second-order valence-electron chi connectivity index (χ2n) is 3.31. The molecule has 0 saturated carbocycles. The molecule has 15 heavy (non-hydrogen) atoms. The Hall–Kier alpha value is -1.84. The van der Waals surface area contributed by atoms with Gasteiger partial charge in [-0.2, -0.15) is 0 Å². The average Bonchev–Trinajstić information content (AvgIpc) is 2.16. The van der Waals surface area contributed by atoms with E-state index in [0.717, 1.165) is 11.1 Å². The lowest BCUT2D eigenvalue weighted by Gasteiger charge is -2.24. The first-order valence-electron chi connectivity index (χ1n) is 4.61. The molecule has 4 nitrogen and oxygen atoms in total. The van der Waals surface area contributed by atoms with Gasteiger partial charge in [-0.25, -0.2) is 0 Å². The number of ether oxygens (including phenoxy) is 2. The molecular weight excluding hydrogens is 196 g/mol. The minimum atomic E-state index is -0.889. The van der Waals surface area contributed by atoms with Crippen molar-refractivity contribution in [2.24, 2.45) is 0 Å². The zero-order chi connectivity index (χ0) is 10.8. The van der Waals surface area contributed by atoms with E-state index in [2.05, 4.69) is 0 Å². The first-order chi connectivity index (χ1) is 7.16. The van der Waals surface area contributed by atoms with Crippen LogP contribution in [0.4, 0.5) is 0 Å². The van der Waals surface area contributed by atoms with E-state index in [4.69, 9.17) is 9.47 Å². The Bertz CT molecular complexity index is 411. The van der Waals surface area contributed by atoms with Crippen LogP contribution < -0.4 is 0 Å². The molecule has 0 bridgehead atoms. The second kappa shape index (κ2) is 3.73. The first kappa shape index (κ1) is 9.71. The van der Waals surface area contributed by atoms with E-state index in [0.29, 0.717) is 0 Å². The van der Waals surface area contributed by atoms with Gasteiger partial charge in [-0.3, -0.25) is 9.59 Å². The molecule has 0 radical (unpaired) electrons. The van der Waals surface area contributed by atoms with Gasteiger partial charge in [0.25, 0.3) is 6.29 Å². The highest BCUT2D eigenvalue weighted by atomic mass is 16.7. The van der Waals surface area contributed by atoms with E-state index in [1.54, 1.807) is 6.07 Å². The number of benzene rings is 1. The summed E-state index contributed by atoms with van der Waals surface area (Å²) < 4.78 is 9.85. The van der Waals surface area contributed by atoms with E-state index >= 15 is 0 Å². The minimum absolute atomic E-state index is 0.230.